The van der Waals surface area contributed by atoms with Gasteiger partial charge in [0.25, 0.3) is 5.91 Å². The quantitative estimate of drug-likeness (QED) is 0.737. The van der Waals surface area contributed by atoms with Gasteiger partial charge in [-0.15, -0.1) is 11.3 Å². The van der Waals surface area contributed by atoms with Crippen molar-refractivity contribution in [3.8, 4) is 5.75 Å². The lowest BCUT2D eigenvalue weighted by Crippen LogP contribution is -2.53. The van der Waals surface area contributed by atoms with Gasteiger partial charge in [0.1, 0.15) is 17.5 Å². The highest BCUT2D eigenvalue weighted by Gasteiger charge is 2.43. The molecule has 2 N–H and O–H groups in total. The monoisotopic (exact) mass is 423 g/mol. The van der Waals surface area contributed by atoms with Gasteiger partial charge in [-0.2, -0.15) is 0 Å². The second-order valence-corrected chi connectivity index (χ2v) is 8.84. The molecule has 132 valence electrons. The second kappa shape index (κ2) is 6.55. The highest BCUT2D eigenvalue weighted by atomic mass is 79.9. The van der Waals surface area contributed by atoms with E-state index in [1.165, 1.54) is 18.3 Å². The molecule has 2 aromatic rings. The maximum absolute atomic E-state index is 12.6. The fraction of sp³-hybridized carbons (Fsp3) is 0.333. The number of ketones is 1. The Morgan fingerprint density at radius 3 is 2.60 bits per heavy atom. The van der Waals surface area contributed by atoms with Gasteiger partial charge in [0.05, 0.1) is 15.4 Å². The van der Waals surface area contributed by atoms with Crippen LogP contribution in [0.4, 0.5) is 0 Å². The van der Waals surface area contributed by atoms with E-state index in [1.54, 1.807) is 43.5 Å². The van der Waals surface area contributed by atoms with Gasteiger partial charge >= 0.3 is 0 Å². The number of amides is 1. The predicted molar refractivity (Wildman–Crippen MR) is 99.4 cm³/mol. The number of fused-ring (bicyclic) bond motifs is 1. The van der Waals surface area contributed by atoms with Crippen LogP contribution < -0.4 is 10.1 Å². The summed E-state index contributed by atoms with van der Waals surface area (Å²) in [6.45, 7) is 5.00. The summed E-state index contributed by atoms with van der Waals surface area (Å²) in [7, 11) is 0. The number of rotatable bonds is 3. The lowest BCUT2D eigenvalue weighted by molar-refractivity contribution is -0.0627. The van der Waals surface area contributed by atoms with Crippen LogP contribution in [0.3, 0.4) is 0 Å². The summed E-state index contributed by atoms with van der Waals surface area (Å²) in [6, 6.07) is 6.11. The first kappa shape index (κ1) is 18.1. The van der Waals surface area contributed by atoms with Gasteiger partial charge < -0.3 is 15.2 Å². The summed E-state index contributed by atoms with van der Waals surface area (Å²) in [5.74, 6) is 0.175. The minimum Gasteiger partial charge on any atom is -0.485 e. The third kappa shape index (κ3) is 3.49. The number of hydrogen-bond acceptors (Lipinski definition) is 5. The van der Waals surface area contributed by atoms with Crippen LogP contribution >= 0.6 is 27.3 Å². The van der Waals surface area contributed by atoms with E-state index in [2.05, 4.69) is 21.2 Å². The first-order valence-corrected chi connectivity index (χ1v) is 9.43. The normalized spacial score (nSPS) is 21.2. The van der Waals surface area contributed by atoms with Gasteiger partial charge in [-0.3, -0.25) is 9.59 Å². The fourth-order valence-electron chi connectivity index (χ4n) is 2.83. The molecule has 0 bridgehead atoms. The molecule has 0 unspecified atom stereocenters. The van der Waals surface area contributed by atoms with E-state index >= 15 is 0 Å². The van der Waals surface area contributed by atoms with Gasteiger partial charge in [0.15, 0.2) is 5.78 Å². The first-order valence-electron chi connectivity index (χ1n) is 7.76. The van der Waals surface area contributed by atoms with Crippen LogP contribution in [0.1, 0.15) is 53.1 Å². The zero-order valence-corrected chi connectivity index (χ0v) is 16.4. The molecule has 0 saturated carbocycles. The molecule has 1 amide bonds. The predicted octanol–water partition coefficient (Wildman–Crippen LogP) is 3.72. The maximum atomic E-state index is 12.6. The Morgan fingerprint density at radius 2 is 2.00 bits per heavy atom. The number of halogens is 1. The molecule has 25 heavy (non-hydrogen) atoms. The first-order chi connectivity index (χ1) is 11.7. The zero-order chi connectivity index (χ0) is 18.4. The molecular formula is C18H18BrNO4S. The molecule has 2 atom stereocenters. The van der Waals surface area contributed by atoms with Crippen LogP contribution in [0.25, 0.3) is 0 Å². The molecule has 1 aromatic carbocycles. The number of ether oxygens (including phenoxy) is 1. The Balaban J connectivity index is 2.00. The molecule has 0 spiro atoms. The highest BCUT2D eigenvalue weighted by Crippen LogP contribution is 2.40. The molecule has 0 fully saturated rings. The molecule has 0 aliphatic carbocycles. The van der Waals surface area contributed by atoms with E-state index in [1.807, 2.05) is 0 Å². The van der Waals surface area contributed by atoms with Crippen LogP contribution in [0.2, 0.25) is 0 Å². The smallest absolute Gasteiger partial charge is 0.252 e. The average Bonchev–Trinajstić information content (AvgIpc) is 2.97. The Morgan fingerprint density at radius 1 is 1.28 bits per heavy atom. The zero-order valence-electron chi connectivity index (χ0n) is 14.0. The summed E-state index contributed by atoms with van der Waals surface area (Å²) in [5.41, 5.74) is 0.740. The van der Waals surface area contributed by atoms with Gasteiger partial charge in [0.2, 0.25) is 0 Å². The van der Waals surface area contributed by atoms with E-state index in [4.69, 9.17) is 4.74 Å². The molecule has 0 saturated heterocycles. The number of carbonyl (C=O) groups is 2. The number of Topliss-reactive ketones (excluding diaryl/α,β-unsaturated/α-hetero) is 1. The van der Waals surface area contributed by atoms with Crippen molar-refractivity contribution in [2.75, 3.05) is 0 Å². The minimum absolute atomic E-state index is 0.0889. The van der Waals surface area contributed by atoms with Crippen LogP contribution in [0.5, 0.6) is 5.75 Å². The summed E-state index contributed by atoms with van der Waals surface area (Å²) >= 11 is 4.75. The number of carbonyl (C=O) groups excluding carboxylic acids is 2. The summed E-state index contributed by atoms with van der Waals surface area (Å²) in [4.78, 5) is 24.3. The standard InChI is InChI=1S/C18H18BrNO4S/c1-9(21)10-4-5-13-12(6-10)15(16(22)18(2,3)24-13)20-17(23)11-7-14(19)25-8-11/h4-8,15-16,22H,1-3H3,(H,20,23)/t15-,16+/m1/s1. The molecule has 0 radical (unpaired) electrons. The van der Waals surface area contributed by atoms with E-state index in [9.17, 15) is 14.7 Å². The summed E-state index contributed by atoms with van der Waals surface area (Å²) < 4.78 is 6.72. The van der Waals surface area contributed by atoms with Crippen LogP contribution in [0.15, 0.2) is 33.4 Å². The third-order valence-electron chi connectivity index (χ3n) is 4.27. The molecule has 5 nitrogen and oxygen atoms in total. The van der Waals surface area contributed by atoms with Gasteiger partial charge in [-0.05, 0) is 61.0 Å². The van der Waals surface area contributed by atoms with Crippen molar-refractivity contribution in [2.45, 2.75) is 38.5 Å². The van der Waals surface area contributed by atoms with Crippen molar-refractivity contribution >= 4 is 39.0 Å². The highest BCUT2D eigenvalue weighted by molar-refractivity contribution is 9.11. The summed E-state index contributed by atoms with van der Waals surface area (Å²) in [6.07, 6.45) is -0.965. The second-order valence-electron chi connectivity index (χ2n) is 6.55. The SMILES string of the molecule is CC(=O)c1ccc2c(c1)[C@@H](NC(=O)c1csc(Br)c1)[C@H](O)C(C)(C)O2. The van der Waals surface area contributed by atoms with Crippen molar-refractivity contribution < 1.29 is 19.4 Å². The lowest BCUT2D eigenvalue weighted by Gasteiger charge is -2.42. The molecule has 2 heterocycles. The van der Waals surface area contributed by atoms with Crippen molar-refractivity contribution in [1.82, 2.24) is 5.32 Å². The fourth-order valence-corrected chi connectivity index (χ4v) is 3.97. The molecule has 1 aliphatic rings. The largest absolute Gasteiger partial charge is 0.485 e. The molecule has 3 rings (SSSR count). The number of aliphatic hydroxyl groups excluding tert-OH is 1. The molecule has 7 heteroatoms. The van der Waals surface area contributed by atoms with Crippen molar-refractivity contribution in [2.24, 2.45) is 0 Å². The van der Waals surface area contributed by atoms with Crippen molar-refractivity contribution in [3.63, 3.8) is 0 Å². The topological polar surface area (TPSA) is 75.6 Å². The number of nitrogens with one attached hydrogen (secondary N) is 1. The Bertz CT molecular complexity index is 845. The van der Waals surface area contributed by atoms with Crippen LogP contribution in [0, 0.1) is 0 Å². The number of hydrogen-bond donors (Lipinski definition) is 2. The van der Waals surface area contributed by atoms with Gasteiger partial charge in [-0.1, -0.05) is 0 Å². The van der Waals surface area contributed by atoms with Crippen molar-refractivity contribution in [3.05, 3.63) is 50.1 Å². The molecule has 1 aromatic heterocycles. The number of aliphatic hydroxyl groups is 1. The van der Waals surface area contributed by atoms with Gasteiger partial charge in [-0.25, -0.2) is 0 Å². The summed E-state index contributed by atoms with van der Waals surface area (Å²) in [5, 5.41) is 15.4. The minimum atomic E-state index is -0.965. The van der Waals surface area contributed by atoms with E-state index in [0.29, 0.717) is 22.4 Å². The van der Waals surface area contributed by atoms with Crippen LogP contribution in [-0.4, -0.2) is 28.5 Å². The number of benzene rings is 1. The van der Waals surface area contributed by atoms with Crippen molar-refractivity contribution in [1.29, 1.82) is 0 Å². The number of thiophene rings is 1. The Hall–Kier alpha value is -1.70. The molecule has 1 aliphatic heterocycles. The van der Waals surface area contributed by atoms with Crippen LogP contribution in [-0.2, 0) is 0 Å². The Labute approximate surface area is 158 Å². The third-order valence-corrected chi connectivity index (χ3v) is 5.77. The van der Waals surface area contributed by atoms with E-state index < -0.39 is 17.7 Å². The lowest BCUT2D eigenvalue weighted by atomic mass is 9.85. The van der Waals surface area contributed by atoms with Gasteiger partial charge in [0, 0.05) is 16.5 Å². The average molecular weight is 424 g/mol. The Kier molecular flexibility index (Phi) is 4.74. The van der Waals surface area contributed by atoms with E-state index in [0.717, 1.165) is 3.79 Å². The van der Waals surface area contributed by atoms with E-state index in [-0.39, 0.29) is 11.7 Å². The molecular weight excluding hydrogens is 406 g/mol. The maximum Gasteiger partial charge on any atom is 0.252 e.